The highest BCUT2D eigenvalue weighted by Crippen LogP contribution is 2.27. The van der Waals surface area contributed by atoms with Crippen LogP contribution in [0.3, 0.4) is 0 Å². The molecule has 0 bridgehead atoms. The smallest absolute Gasteiger partial charge is 0.254 e. The molecule has 1 amide bonds. The van der Waals surface area contributed by atoms with Crippen LogP contribution in [0, 0.1) is 5.82 Å². The van der Waals surface area contributed by atoms with E-state index in [1.54, 1.807) is 35.2 Å². The fourth-order valence-corrected chi connectivity index (χ4v) is 2.85. The second-order valence-corrected chi connectivity index (χ2v) is 6.29. The molecule has 0 spiro atoms. The molecule has 1 unspecified atom stereocenters. The Morgan fingerprint density at radius 1 is 1.25 bits per heavy atom. The van der Waals surface area contributed by atoms with Crippen molar-refractivity contribution in [2.45, 2.75) is 18.9 Å². The molecular formula is C18H18ClFN2O2. The molecule has 1 aliphatic heterocycles. The Balaban J connectivity index is 1.74. The van der Waals surface area contributed by atoms with E-state index in [0.29, 0.717) is 29.4 Å². The van der Waals surface area contributed by atoms with Gasteiger partial charge >= 0.3 is 0 Å². The molecule has 6 heteroatoms. The molecule has 2 N–H and O–H groups in total. The maximum Gasteiger partial charge on any atom is 0.254 e. The van der Waals surface area contributed by atoms with Gasteiger partial charge in [-0.05, 0) is 55.3 Å². The van der Waals surface area contributed by atoms with Crippen LogP contribution in [0.4, 0.5) is 4.39 Å². The fourth-order valence-electron chi connectivity index (χ4n) is 2.72. The summed E-state index contributed by atoms with van der Waals surface area (Å²) in [5.74, 6) is -0.261. The molecule has 1 fully saturated rings. The molecule has 2 aromatic carbocycles. The lowest BCUT2D eigenvalue weighted by molar-refractivity contribution is 0.0708. The van der Waals surface area contributed by atoms with Gasteiger partial charge in [-0.1, -0.05) is 11.6 Å². The molecule has 24 heavy (non-hydrogen) atoms. The molecule has 0 saturated carbocycles. The van der Waals surface area contributed by atoms with E-state index in [-0.39, 0.29) is 17.7 Å². The zero-order valence-electron chi connectivity index (χ0n) is 13.0. The van der Waals surface area contributed by atoms with Crippen LogP contribution < -0.4 is 10.5 Å². The first-order chi connectivity index (χ1) is 11.5. The average Bonchev–Trinajstić information content (AvgIpc) is 2.58. The van der Waals surface area contributed by atoms with E-state index in [4.69, 9.17) is 22.1 Å². The molecule has 1 saturated heterocycles. The lowest BCUT2D eigenvalue weighted by Gasteiger charge is -2.30. The third-order valence-electron chi connectivity index (χ3n) is 3.97. The van der Waals surface area contributed by atoms with Crippen molar-refractivity contribution in [3.05, 3.63) is 58.9 Å². The van der Waals surface area contributed by atoms with E-state index >= 15 is 0 Å². The van der Waals surface area contributed by atoms with Gasteiger partial charge in [-0.3, -0.25) is 4.79 Å². The second-order valence-electron chi connectivity index (χ2n) is 5.85. The average molecular weight is 349 g/mol. The summed E-state index contributed by atoms with van der Waals surface area (Å²) in [5.41, 5.74) is 6.19. The van der Waals surface area contributed by atoms with Crippen molar-refractivity contribution in [2.24, 2.45) is 5.73 Å². The minimum absolute atomic E-state index is 0.0138. The van der Waals surface area contributed by atoms with Gasteiger partial charge in [0.15, 0.2) is 11.6 Å². The maximum atomic E-state index is 14.3. The Labute approximate surface area is 145 Å². The molecule has 1 heterocycles. The molecular weight excluding hydrogens is 331 g/mol. The Morgan fingerprint density at radius 2 is 2.00 bits per heavy atom. The Morgan fingerprint density at radius 3 is 2.67 bits per heavy atom. The highest BCUT2D eigenvalue weighted by Gasteiger charge is 2.23. The summed E-state index contributed by atoms with van der Waals surface area (Å²) >= 11 is 5.80. The minimum Gasteiger partial charge on any atom is -0.454 e. The topological polar surface area (TPSA) is 55.6 Å². The number of hydrogen-bond acceptors (Lipinski definition) is 3. The molecule has 0 aromatic heterocycles. The van der Waals surface area contributed by atoms with Crippen molar-refractivity contribution in [1.82, 2.24) is 4.90 Å². The number of nitrogens with zero attached hydrogens (tertiary/aromatic N) is 1. The Kier molecular flexibility index (Phi) is 5.02. The van der Waals surface area contributed by atoms with Gasteiger partial charge in [0, 0.05) is 29.7 Å². The van der Waals surface area contributed by atoms with Crippen molar-refractivity contribution in [1.29, 1.82) is 0 Å². The molecule has 1 atom stereocenters. The van der Waals surface area contributed by atoms with Gasteiger partial charge in [0.1, 0.15) is 5.75 Å². The number of halogens is 2. The van der Waals surface area contributed by atoms with E-state index in [0.717, 1.165) is 12.8 Å². The van der Waals surface area contributed by atoms with E-state index in [9.17, 15) is 9.18 Å². The van der Waals surface area contributed by atoms with Crippen LogP contribution in [0.25, 0.3) is 0 Å². The molecule has 4 nitrogen and oxygen atoms in total. The summed E-state index contributed by atoms with van der Waals surface area (Å²) in [4.78, 5) is 14.1. The van der Waals surface area contributed by atoms with Gasteiger partial charge in [0.05, 0.1) is 0 Å². The fraction of sp³-hybridized carbons (Fsp3) is 0.278. The van der Waals surface area contributed by atoms with Crippen LogP contribution in [-0.2, 0) is 0 Å². The third kappa shape index (κ3) is 3.86. The summed E-state index contributed by atoms with van der Waals surface area (Å²) < 4.78 is 19.8. The lowest BCUT2D eigenvalue weighted by atomic mass is 10.1. The van der Waals surface area contributed by atoms with Crippen LogP contribution in [-0.4, -0.2) is 29.9 Å². The van der Waals surface area contributed by atoms with Crippen LogP contribution in [0.5, 0.6) is 11.5 Å². The number of likely N-dealkylation sites (tertiary alicyclic amines) is 1. The largest absolute Gasteiger partial charge is 0.454 e. The normalized spacial score (nSPS) is 17.6. The van der Waals surface area contributed by atoms with E-state index in [1.165, 1.54) is 12.1 Å². The van der Waals surface area contributed by atoms with Gasteiger partial charge < -0.3 is 15.4 Å². The van der Waals surface area contributed by atoms with Gasteiger partial charge in [-0.2, -0.15) is 0 Å². The number of carbonyl (C=O) groups excluding carboxylic acids is 1. The Hall–Kier alpha value is -2.11. The zero-order valence-corrected chi connectivity index (χ0v) is 13.8. The maximum absolute atomic E-state index is 14.3. The van der Waals surface area contributed by atoms with Crippen molar-refractivity contribution in [3.63, 3.8) is 0 Å². The van der Waals surface area contributed by atoms with Gasteiger partial charge in [0.25, 0.3) is 5.91 Å². The zero-order chi connectivity index (χ0) is 17.1. The van der Waals surface area contributed by atoms with Crippen LogP contribution in [0.15, 0.2) is 42.5 Å². The molecule has 0 radical (unpaired) electrons. The molecule has 3 rings (SSSR count). The summed E-state index contributed by atoms with van der Waals surface area (Å²) in [7, 11) is 0. The summed E-state index contributed by atoms with van der Waals surface area (Å²) in [5, 5.41) is 0.573. The number of piperidine rings is 1. The number of nitrogens with two attached hydrogens (primary N) is 1. The molecule has 1 aliphatic rings. The van der Waals surface area contributed by atoms with Crippen LogP contribution >= 0.6 is 11.6 Å². The lowest BCUT2D eigenvalue weighted by Crippen LogP contribution is -2.45. The number of benzene rings is 2. The van der Waals surface area contributed by atoms with Crippen molar-refractivity contribution in [2.75, 3.05) is 13.1 Å². The standard InChI is InChI=1S/C18H18ClFN2O2/c19-13-4-6-15(7-5-13)24-17-8-3-12(10-16(17)20)18(23)22-9-1-2-14(21)11-22/h3-8,10,14H,1-2,9,11,21H2. The highest BCUT2D eigenvalue weighted by molar-refractivity contribution is 6.30. The second kappa shape index (κ2) is 7.20. The third-order valence-corrected chi connectivity index (χ3v) is 4.22. The van der Waals surface area contributed by atoms with Crippen molar-refractivity contribution >= 4 is 17.5 Å². The van der Waals surface area contributed by atoms with E-state index in [1.807, 2.05) is 0 Å². The quantitative estimate of drug-likeness (QED) is 0.917. The van der Waals surface area contributed by atoms with Crippen molar-refractivity contribution in [3.8, 4) is 11.5 Å². The number of amides is 1. The number of hydrogen-bond donors (Lipinski definition) is 1. The number of rotatable bonds is 3. The molecule has 2 aromatic rings. The predicted molar refractivity (Wildman–Crippen MR) is 91.0 cm³/mol. The predicted octanol–water partition coefficient (Wildman–Crippen LogP) is 3.83. The van der Waals surface area contributed by atoms with Gasteiger partial charge in [-0.15, -0.1) is 0 Å². The molecule has 0 aliphatic carbocycles. The summed E-state index contributed by atoms with van der Waals surface area (Å²) in [6, 6.07) is 10.8. The summed E-state index contributed by atoms with van der Waals surface area (Å²) in [6.07, 6.45) is 1.78. The number of ether oxygens (including phenoxy) is 1. The number of carbonyl (C=O) groups is 1. The Bertz CT molecular complexity index is 736. The SMILES string of the molecule is NC1CCCN(C(=O)c2ccc(Oc3ccc(Cl)cc3)c(F)c2)C1. The highest BCUT2D eigenvalue weighted by atomic mass is 35.5. The van der Waals surface area contributed by atoms with E-state index in [2.05, 4.69) is 0 Å². The van der Waals surface area contributed by atoms with Crippen LogP contribution in [0.1, 0.15) is 23.2 Å². The van der Waals surface area contributed by atoms with Gasteiger partial charge in [0.2, 0.25) is 0 Å². The molecule has 126 valence electrons. The van der Waals surface area contributed by atoms with Crippen molar-refractivity contribution < 1.29 is 13.9 Å². The first-order valence-electron chi connectivity index (χ1n) is 7.81. The first kappa shape index (κ1) is 16.7. The first-order valence-corrected chi connectivity index (χ1v) is 8.18. The summed E-state index contributed by atoms with van der Waals surface area (Å²) in [6.45, 7) is 1.15. The monoisotopic (exact) mass is 348 g/mol. The van der Waals surface area contributed by atoms with E-state index < -0.39 is 5.82 Å². The van der Waals surface area contributed by atoms with Gasteiger partial charge in [-0.25, -0.2) is 4.39 Å². The minimum atomic E-state index is -0.586. The van der Waals surface area contributed by atoms with Crippen LogP contribution in [0.2, 0.25) is 5.02 Å².